The number of thiophene rings is 1. The molecule has 10 heteroatoms. The first-order valence-corrected chi connectivity index (χ1v) is 12.7. The Morgan fingerprint density at radius 1 is 1.12 bits per heavy atom. The summed E-state index contributed by atoms with van der Waals surface area (Å²) < 4.78 is 38.0. The zero-order valence-corrected chi connectivity index (χ0v) is 19.9. The molecule has 1 aromatic heterocycles. The van der Waals surface area contributed by atoms with Crippen molar-refractivity contribution in [2.45, 2.75) is 17.2 Å². The van der Waals surface area contributed by atoms with E-state index in [-0.39, 0.29) is 35.4 Å². The van der Waals surface area contributed by atoms with Gasteiger partial charge in [0.25, 0.3) is 15.9 Å². The molecule has 0 atom stereocenters. The van der Waals surface area contributed by atoms with Gasteiger partial charge in [-0.15, -0.1) is 11.3 Å². The summed E-state index contributed by atoms with van der Waals surface area (Å²) in [5.41, 5.74) is 1.27. The molecular formula is C23H24N2O6S2. The van der Waals surface area contributed by atoms with Crippen LogP contribution < -0.4 is 4.72 Å². The molecule has 174 valence electrons. The Balaban J connectivity index is 1.68. The molecule has 0 saturated heterocycles. The number of hydrogen-bond acceptors (Lipinski definition) is 7. The average Bonchev–Trinajstić information content (AvgIpc) is 3.22. The predicted molar refractivity (Wildman–Crippen MR) is 125 cm³/mol. The largest absolute Gasteiger partial charge is 0.465 e. The summed E-state index contributed by atoms with van der Waals surface area (Å²) in [6.07, 6.45) is 0.361. The Hall–Kier alpha value is -2.79. The van der Waals surface area contributed by atoms with E-state index in [4.69, 9.17) is 9.47 Å². The first-order chi connectivity index (χ1) is 15.9. The van der Waals surface area contributed by atoms with Crippen LogP contribution in [0.1, 0.15) is 31.2 Å². The fourth-order valence-electron chi connectivity index (χ4n) is 3.98. The number of benzene rings is 2. The van der Waals surface area contributed by atoms with Gasteiger partial charge in [0.05, 0.1) is 25.8 Å². The van der Waals surface area contributed by atoms with Crippen molar-refractivity contribution < 1.29 is 27.5 Å². The van der Waals surface area contributed by atoms with E-state index in [1.54, 1.807) is 11.0 Å². The molecule has 0 aliphatic carbocycles. The van der Waals surface area contributed by atoms with E-state index in [1.807, 2.05) is 36.4 Å². The molecule has 0 unspecified atom stereocenters. The number of nitrogens with zero attached hydrogens (tertiary/aromatic N) is 1. The van der Waals surface area contributed by atoms with Crippen LogP contribution in [0.2, 0.25) is 0 Å². The van der Waals surface area contributed by atoms with E-state index < -0.39 is 16.0 Å². The minimum atomic E-state index is -3.95. The quantitative estimate of drug-likeness (QED) is 0.405. The number of hydrogen-bond donors (Lipinski definition) is 1. The number of rotatable bonds is 7. The molecule has 1 amide bonds. The molecule has 1 aliphatic rings. The third-order valence-corrected chi connectivity index (χ3v) is 8.76. The summed E-state index contributed by atoms with van der Waals surface area (Å²) in [6.45, 7) is 0.866. The second-order valence-corrected chi connectivity index (χ2v) is 10.6. The van der Waals surface area contributed by atoms with Crippen LogP contribution in [-0.2, 0) is 32.5 Å². The first-order valence-electron chi connectivity index (χ1n) is 10.4. The van der Waals surface area contributed by atoms with E-state index in [1.165, 1.54) is 14.2 Å². The lowest BCUT2D eigenvalue weighted by Crippen LogP contribution is -2.35. The Labute approximate surface area is 196 Å². The van der Waals surface area contributed by atoms with Gasteiger partial charge in [-0.3, -0.25) is 4.79 Å². The van der Waals surface area contributed by atoms with E-state index >= 15 is 0 Å². The number of amides is 1. The van der Waals surface area contributed by atoms with Crippen molar-refractivity contribution in [2.24, 2.45) is 0 Å². The third-order valence-electron chi connectivity index (χ3n) is 5.56. The molecule has 1 N–H and O–H groups in total. The molecule has 0 spiro atoms. The predicted octanol–water partition coefficient (Wildman–Crippen LogP) is 2.81. The molecule has 4 rings (SSSR count). The number of methoxy groups -OCH3 is 2. The van der Waals surface area contributed by atoms with Crippen LogP contribution in [0.4, 0.5) is 0 Å². The van der Waals surface area contributed by atoms with E-state index in [9.17, 15) is 18.0 Å². The number of carbonyl (C=O) groups excluding carboxylic acids is 2. The number of fused-ring (bicyclic) bond motifs is 2. The maximum atomic E-state index is 13.4. The zero-order chi connectivity index (χ0) is 23.6. The Kier molecular flexibility index (Phi) is 6.80. The first kappa shape index (κ1) is 23.4. The van der Waals surface area contributed by atoms with Crippen molar-refractivity contribution in [2.75, 3.05) is 33.9 Å². The number of nitrogens with one attached hydrogen (secondary N) is 1. The molecule has 0 saturated carbocycles. The van der Waals surface area contributed by atoms with Crippen LogP contribution in [0.3, 0.4) is 0 Å². The minimum Gasteiger partial charge on any atom is -0.465 e. The van der Waals surface area contributed by atoms with E-state index in [0.29, 0.717) is 29.0 Å². The normalized spacial score (nSPS) is 13.7. The van der Waals surface area contributed by atoms with Gasteiger partial charge in [0.2, 0.25) is 0 Å². The van der Waals surface area contributed by atoms with Crippen LogP contribution in [0.15, 0.2) is 46.7 Å². The lowest BCUT2D eigenvalue weighted by molar-refractivity contribution is 0.0595. The number of sulfonamides is 1. The van der Waals surface area contributed by atoms with Crippen LogP contribution in [0, 0.1) is 0 Å². The van der Waals surface area contributed by atoms with Gasteiger partial charge in [-0.05, 0) is 28.8 Å². The van der Waals surface area contributed by atoms with Gasteiger partial charge < -0.3 is 14.4 Å². The molecular weight excluding hydrogens is 464 g/mol. The number of esters is 1. The SMILES string of the molecule is COCCNS(=O)(=O)c1sc2c(c1C(=O)OC)CCN(C(=O)c1cccc3ccccc13)C2. The molecule has 33 heavy (non-hydrogen) atoms. The van der Waals surface area contributed by atoms with Crippen molar-refractivity contribution in [3.8, 4) is 0 Å². The van der Waals surface area contributed by atoms with Crippen molar-refractivity contribution in [3.05, 3.63) is 64.0 Å². The topological polar surface area (TPSA) is 102 Å². The van der Waals surface area contributed by atoms with Gasteiger partial charge >= 0.3 is 5.97 Å². The summed E-state index contributed by atoms with van der Waals surface area (Å²) in [5.74, 6) is -0.832. The molecule has 8 nitrogen and oxygen atoms in total. The molecule has 1 aliphatic heterocycles. The Morgan fingerprint density at radius 3 is 2.64 bits per heavy atom. The van der Waals surface area contributed by atoms with Crippen molar-refractivity contribution in [1.82, 2.24) is 9.62 Å². The highest BCUT2D eigenvalue weighted by Gasteiger charge is 2.35. The van der Waals surface area contributed by atoms with Crippen LogP contribution in [0.25, 0.3) is 10.8 Å². The molecule has 0 bridgehead atoms. The second-order valence-electron chi connectivity index (χ2n) is 7.55. The lowest BCUT2D eigenvalue weighted by Gasteiger charge is -2.27. The van der Waals surface area contributed by atoms with Crippen molar-refractivity contribution in [1.29, 1.82) is 0 Å². The van der Waals surface area contributed by atoms with Crippen molar-refractivity contribution in [3.63, 3.8) is 0 Å². The smallest absolute Gasteiger partial charge is 0.340 e. The second kappa shape index (κ2) is 9.60. The summed E-state index contributed by atoms with van der Waals surface area (Å²) in [5, 5.41) is 1.84. The van der Waals surface area contributed by atoms with E-state index in [2.05, 4.69) is 4.72 Å². The fraction of sp³-hybridized carbons (Fsp3) is 0.304. The highest BCUT2D eigenvalue weighted by molar-refractivity contribution is 7.91. The minimum absolute atomic E-state index is 0.0553. The number of carbonyl (C=O) groups is 2. The van der Waals surface area contributed by atoms with Gasteiger partial charge in [0.1, 0.15) is 4.21 Å². The average molecular weight is 489 g/mol. The highest BCUT2D eigenvalue weighted by atomic mass is 32.2. The van der Waals surface area contributed by atoms with Crippen LogP contribution in [0.5, 0.6) is 0 Å². The van der Waals surface area contributed by atoms with Gasteiger partial charge in [-0.2, -0.15) is 0 Å². The summed E-state index contributed by atoms with van der Waals surface area (Å²) in [4.78, 5) is 28.2. The maximum Gasteiger partial charge on any atom is 0.340 e. The van der Waals surface area contributed by atoms with Crippen LogP contribution in [-0.4, -0.2) is 59.1 Å². The molecule has 2 aromatic carbocycles. The van der Waals surface area contributed by atoms with Crippen molar-refractivity contribution >= 4 is 44.0 Å². The molecule has 0 fully saturated rings. The number of ether oxygens (including phenoxy) is 2. The van der Waals surface area contributed by atoms with Gasteiger partial charge in [0.15, 0.2) is 0 Å². The molecule has 2 heterocycles. The van der Waals surface area contributed by atoms with Gasteiger partial charge in [-0.25, -0.2) is 17.9 Å². The van der Waals surface area contributed by atoms with E-state index in [0.717, 1.165) is 22.1 Å². The summed E-state index contributed by atoms with van der Waals surface area (Å²) >= 11 is 1.00. The fourth-order valence-corrected chi connectivity index (χ4v) is 6.93. The zero-order valence-electron chi connectivity index (χ0n) is 18.3. The molecule has 3 aromatic rings. The molecule has 0 radical (unpaired) electrons. The van der Waals surface area contributed by atoms with Gasteiger partial charge in [-0.1, -0.05) is 36.4 Å². The highest BCUT2D eigenvalue weighted by Crippen LogP contribution is 2.37. The standard InChI is InChI=1S/C23H24N2O6S2/c1-30-13-11-24-33(28,29)23-20(22(27)31-2)18-10-12-25(14-19(18)32-23)21(26)17-9-5-7-15-6-3-4-8-16(15)17/h3-9,24H,10-14H2,1-2H3. The maximum absolute atomic E-state index is 13.4. The lowest BCUT2D eigenvalue weighted by atomic mass is 10.0. The summed E-state index contributed by atoms with van der Waals surface area (Å²) in [6, 6.07) is 13.3. The summed E-state index contributed by atoms with van der Waals surface area (Å²) in [7, 11) is -1.25. The Bertz CT molecular complexity index is 1310. The van der Waals surface area contributed by atoms with Gasteiger partial charge in [0, 0.05) is 30.6 Å². The Morgan fingerprint density at radius 2 is 1.88 bits per heavy atom. The van der Waals surface area contributed by atoms with Crippen LogP contribution >= 0.6 is 11.3 Å². The monoisotopic (exact) mass is 488 g/mol. The third kappa shape index (κ3) is 4.51.